The zero-order valence-electron chi connectivity index (χ0n) is 10.8. The summed E-state index contributed by atoms with van der Waals surface area (Å²) in [6.07, 6.45) is 3.78. The third-order valence-electron chi connectivity index (χ3n) is 2.47. The summed E-state index contributed by atoms with van der Waals surface area (Å²) in [5, 5.41) is 14.9. The molecule has 0 unspecified atom stereocenters. The maximum Gasteiger partial charge on any atom is 0.358 e. The van der Waals surface area contributed by atoms with Gasteiger partial charge in [0.05, 0.1) is 19.9 Å². The molecule has 2 aromatic rings. The van der Waals surface area contributed by atoms with Crippen molar-refractivity contribution < 1.29 is 9.53 Å². The molecule has 0 radical (unpaired) electrons. The number of rotatable bonds is 5. The topological polar surface area (TPSA) is 81.9 Å². The number of aromatic nitrogens is 4. The number of hydrogen-bond donors (Lipinski definition) is 1. The Labute approximate surface area is 110 Å². The Morgan fingerprint density at radius 2 is 2.26 bits per heavy atom. The van der Waals surface area contributed by atoms with E-state index in [4.69, 9.17) is 0 Å². The Hall–Kier alpha value is -2.44. The largest absolute Gasteiger partial charge is 0.464 e. The van der Waals surface area contributed by atoms with Gasteiger partial charge in [-0.05, 0) is 24.6 Å². The van der Waals surface area contributed by atoms with E-state index in [1.807, 2.05) is 24.0 Å². The number of ether oxygens (including phenoxy) is 1. The molecule has 0 atom stereocenters. The normalized spacial score (nSPS) is 10.2. The molecule has 2 aromatic heterocycles. The van der Waals surface area contributed by atoms with E-state index in [1.165, 1.54) is 7.11 Å². The fraction of sp³-hybridized carbons (Fsp3) is 0.333. The zero-order chi connectivity index (χ0) is 13.7. The number of hydrogen-bond acceptors (Lipinski definition) is 6. The van der Waals surface area contributed by atoms with E-state index >= 15 is 0 Å². The summed E-state index contributed by atoms with van der Waals surface area (Å²) in [5.41, 5.74) is 1.32. The van der Waals surface area contributed by atoms with E-state index in [0.717, 1.165) is 12.1 Å². The van der Waals surface area contributed by atoms with Gasteiger partial charge in [-0.3, -0.25) is 4.68 Å². The maximum atomic E-state index is 11.2. The van der Waals surface area contributed by atoms with Crippen LogP contribution in [0.3, 0.4) is 0 Å². The lowest BCUT2D eigenvalue weighted by Gasteiger charge is -2.05. The van der Waals surface area contributed by atoms with Gasteiger partial charge in [0.1, 0.15) is 5.82 Å². The lowest BCUT2D eigenvalue weighted by molar-refractivity contribution is 0.0593. The standard InChI is InChI=1S/C12H15N5O2/c1-9-7-14-17(8-9)6-5-13-11-4-3-10(15-16-11)12(18)19-2/h3-4,7-8H,5-6H2,1-2H3,(H,13,16). The van der Waals surface area contributed by atoms with Crippen LogP contribution in [0.15, 0.2) is 24.5 Å². The number of anilines is 1. The summed E-state index contributed by atoms with van der Waals surface area (Å²) in [4.78, 5) is 11.2. The quantitative estimate of drug-likeness (QED) is 0.805. The van der Waals surface area contributed by atoms with Gasteiger partial charge in [0.15, 0.2) is 5.69 Å². The molecule has 0 saturated heterocycles. The number of carbonyl (C=O) groups excluding carboxylic acids is 1. The van der Waals surface area contributed by atoms with Crippen molar-refractivity contribution in [3.05, 3.63) is 35.8 Å². The van der Waals surface area contributed by atoms with Crippen LogP contribution in [0.2, 0.25) is 0 Å². The Bertz CT molecular complexity index is 550. The molecule has 0 spiro atoms. The first-order valence-corrected chi connectivity index (χ1v) is 5.84. The van der Waals surface area contributed by atoms with E-state index in [9.17, 15) is 4.79 Å². The average Bonchev–Trinajstić information content (AvgIpc) is 2.84. The smallest absolute Gasteiger partial charge is 0.358 e. The molecule has 0 aliphatic carbocycles. The molecule has 100 valence electrons. The minimum atomic E-state index is -0.494. The molecular weight excluding hydrogens is 246 g/mol. The number of aryl methyl sites for hydroxylation is 1. The maximum absolute atomic E-state index is 11.2. The zero-order valence-corrected chi connectivity index (χ0v) is 10.8. The highest BCUT2D eigenvalue weighted by Gasteiger charge is 2.07. The Morgan fingerprint density at radius 3 is 2.84 bits per heavy atom. The second-order valence-electron chi connectivity index (χ2n) is 4.00. The lowest BCUT2D eigenvalue weighted by Crippen LogP contribution is -2.13. The molecule has 0 aliphatic heterocycles. The van der Waals surface area contributed by atoms with Gasteiger partial charge in [-0.1, -0.05) is 0 Å². The molecule has 2 heterocycles. The van der Waals surface area contributed by atoms with Gasteiger partial charge in [0.25, 0.3) is 0 Å². The number of carbonyl (C=O) groups is 1. The second-order valence-corrected chi connectivity index (χ2v) is 4.00. The van der Waals surface area contributed by atoms with Crippen LogP contribution in [-0.2, 0) is 11.3 Å². The van der Waals surface area contributed by atoms with Crippen molar-refractivity contribution in [1.29, 1.82) is 0 Å². The Balaban J connectivity index is 1.84. The van der Waals surface area contributed by atoms with E-state index in [2.05, 4.69) is 25.3 Å². The third kappa shape index (κ3) is 3.51. The highest BCUT2D eigenvalue weighted by molar-refractivity contribution is 5.86. The number of nitrogens with zero attached hydrogens (tertiary/aromatic N) is 4. The van der Waals surface area contributed by atoms with Crippen LogP contribution in [0, 0.1) is 6.92 Å². The van der Waals surface area contributed by atoms with Crippen molar-refractivity contribution in [3.63, 3.8) is 0 Å². The van der Waals surface area contributed by atoms with Crippen LogP contribution >= 0.6 is 0 Å². The van der Waals surface area contributed by atoms with Crippen molar-refractivity contribution in [2.75, 3.05) is 19.0 Å². The molecular formula is C12H15N5O2. The molecule has 0 amide bonds. The number of nitrogens with one attached hydrogen (secondary N) is 1. The third-order valence-corrected chi connectivity index (χ3v) is 2.47. The number of esters is 1. The summed E-state index contributed by atoms with van der Waals surface area (Å²) in [6, 6.07) is 3.26. The molecule has 0 aromatic carbocycles. The van der Waals surface area contributed by atoms with Gasteiger partial charge in [0, 0.05) is 12.7 Å². The van der Waals surface area contributed by atoms with Gasteiger partial charge in [0.2, 0.25) is 0 Å². The molecule has 0 bridgehead atoms. The Kier molecular flexibility index (Phi) is 4.07. The highest BCUT2D eigenvalue weighted by Crippen LogP contribution is 2.03. The van der Waals surface area contributed by atoms with Gasteiger partial charge < -0.3 is 10.1 Å². The molecule has 0 fully saturated rings. The lowest BCUT2D eigenvalue weighted by atomic mass is 10.4. The number of methoxy groups -OCH3 is 1. The van der Waals surface area contributed by atoms with Crippen molar-refractivity contribution >= 4 is 11.8 Å². The minimum absolute atomic E-state index is 0.191. The SMILES string of the molecule is COC(=O)c1ccc(NCCn2cc(C)cn2)nn1. The molecule has 7 heteroatoms. The van der Waals surface area contributed by atoms with E-state index in [-0.39, 0.29) is 5.69 Å². The summed E-state index contributed by atoms with van der Waals surface area (Å²) >= 11 is 0. The van der Waals surface area contributed by atoms with Crippen LogP contribution in [0.5, 0.6) is 0 Å². The van der Waals surface area contributed by atoms with E-state index < -0.39 is 5.97 Å². The van der Waals surface area contributed by atoms with E-state index in [0.29, 0.717) is 12.4 Å². The van der Waals surface area contributed by atoms with Gasteiger partial charge in [-0.2, -0.15) is 5.10 Å². The van der Waals surface area contributed by atoms with Crippen LogP contribution in [0.4, 0.5) is 5.82 Å². The van der Waals surface area contributed by atoms with Crippen LogP contribution < -0.4 is 5.32 Å². The fourth-order valence-electron chi connectivity index (χ4n) is 1.53. The summed E-state index contributed by atoms with van der Waals surface area (Å²) in [6.45, 7) is 3.40. The monoisotopic (exact) mass is 261 g/mol. The van der Waals surface area contributed by atoms with Gasteiger partial charge in [-0.25, -0.2) is 4.79 Å². The summed E-state index contributed by atoms with van der Waals surface area (Å²) in [7, 11) is 1.31. The molecule has 0 aliphatic rings. The summed E-state index contributed by atoms with van der Waals surface area (Å²) in [5.74, 6) is 0.114. The first-order chi connectivity index (χ1) is 9.19. The fourth-order valence-corrected chi connectivity index (χ4v) is 1.53. The Morgan fingerprint density at radius 1 is 1.42 bits per heavy atom. The molecule has 2 rings (SSSR count). The van der Waals surface area contributed by atoms with Crippen LogP contribution in [0.25, 0.3) is 0 Å². The van der Waals surface area contributed by atoms with Crippen molar-refractivity contribution in [3.8, 4) is 0 Å². The highest BCUT2D eigenvalue weighted by atomic mass is 16.5. The van der Waals surface area contributed by atoms with Crippen LogP contribution in [-0.4, -0.2) is 39.6 Å². The van der Waals surface area contributed by atoms with Gasteiger partial charge >= 0.3 is 5.97 Å². The first-order valence-electron chi connectivity index (χ1n) is 5.84. The molecule has 0 saturated carbocycles. The van der Waals surface area contributed by atoms with Crippen molar-refractivity contribution in [1.82, 2.24) is 20.0 Å². The van der Waals surface area contributed by atoms with Gasteiger partial charge in [-0.15, -0.1) is 10.2 Å². The van der Waals surface area contributed by atoms with Crippen molar-refractivity contribution in [2.45, 2.75) is 13.5 Å². The second kappa shape index (κ2) is 5.94. The van der Waals surface area contributed by atoms with E-state index in [1.54, 1.807) is 12.1 Å². The average molecular weight is 261 g/mol. The van der Waals surface area contributed by atoms with Crippen molar-refractivity contribution in [2.24, 2.45) is 0 Å². The van der Waals surface area contributed by atoms with Crippen LogP contribution in [0.1, 0.15) is 16.1 Å². The predicted molar refractivity (Wildman–Crippen MR) is 68.8 cm³/mol. The molecule has 1 N–H and O–H groups in total. The summed E-state index contributed by atoms with van der Waals surface area (Å²) < 4.78 is 6.39. The molecule has 7 nitrogen and oxygen atoms in total. The first kappa shape index (κ1) is 13.0. The molecule has 19 heavy (non-hydrogen) atoms. The minimum Gasteiger partial charge on any atom is -0.464 e. The predicted octanol–water partition coefficient (Wildman–Crippen LogP) is 0.880.